The van der Waals surface area contributed by atoms with Crippen LogP contribution in [0.5, 0.6) is 0 Å². The van der Waals surface area contributed by atoms with E-state index >= 15 is 0 Å². The number of allylic oxidation sites excluding steroid dienone is 1. The highest BCUT2D eigenvalue weighted by Gasteiger charge is 2.63. The molecule has 5 unspecified atom stereocenters. The van der Waals surface area contributed by atoms with Crippen molar-refractivity contribution in [3.8, 4) is 12.8 Å². The highest BCUT2D eigenvalue weighted by Crippen LogP contribution is 2.68. The SMILES string of the molecule is C#C.CC.CC1=C(C)C(=O)OC([C@](C)(O)C2CCC3[C@@H]4CC=C5C[C@@H](OC6C[C@@H](O)C[C@@H](CO)O6)CC[C@]5(C)C4CC[C@@]32C)C1.OC[C@H]1OC[C@H](O)C[C@@H]1O. The van der Waals surface area contributed by atoms with Gasteiger partial charge in [-0.05, 0) is 107 Å². The zero-order valence-corrected chi connectivity index (χ0v) is 34.5. The van der Waals surface area contributed by atoms with Crippen molar-refractivity contribution in [3.05, 3.63) is 22.8 Å². The van der Waals surface area contributed by atoms with Gasteiger partial charge in [0, 0.05) is 31.3 Å². The molecule has 0 bridgehead atoms. The van der Waals surface area contributed by atoms with Gasteiger partial charge in [0.2, 0.25) is 0 Å². The minimum atomic E-state index is -1.05. The maximum atomic E-state index is 12.5. The number of cyclic esters (lactones) is 1. The van der Waals surface area contributed by atoms with Crippen LogP contribution < -0.4 is 0 Å². The van der Waals surface area contributed by atoms with Crippen LogP contribution in [0.1, 0.15) is 126 Å². The highest BCUT2D eigenvalue weighted by atomic mass is 16.7. The predicted octanol–water partition coefficient (Wildman–Crippen LogP) is 4.98. The lowest BCUT2D eigenvalue weighted by molar-refractivity contribution is -0.242. The van der Waals surface area contributed by atoms with Gasteiger partial charge in [-0.1, -0.05) is 44.9 Å². The molecule has 0 spiro atoms. The molecule has 3 saturated carbocycles. The molecule has 2 saturated heterocycles. The minimum Gasteiger partial charge on any atom is -0.456 e. The molecular formula is C44H72O11. The second-order valence-electron chi connectivity index (χ2n) is 17.7. The van der Waals surface area contributed by atoms with Crippen molar-refractivity contribution in [3.63, 3.8) is 0 Å². The molecule has 11 nitrogen and oxygen atoms in total. The van der Waals surface area contributed by atoms with Gasteiger partial charge in [-0.15, -0.1) is 12.8 Å². The summed E-state index contributed by atoms with van der Waals surface area (Å²) in [5, 5.41) is 58.4. The van der Waals surface area contributed by atoms with Crippen LogP contribution in [0.15, 0.2) is 22.8 Å². The normalized spacial score (nSPS) is 43.5. The highest BCUT2D eigenvalue weighted by molar-refractivity contribution is 5.89. The van der Waals surface area contributed by atoms with Gasteiger partial charge in [0.05, 0.1) is 50.3 Å². The van der Waals surface area contributed by atoms with Crippen molar-refractivity contribution in [2.24, 2.45) is 34.5 Å². The van der Waals surface area contributed by atoms with Crippen LogP contribution in [0.2, 0.25) is 0 Å². The van der Waals surface area contributed by atoms with Crippen molar-refractivity contribution in [1.29, 1.82) is 0 Å². The summed E-state index contributed by atoms with van der Waals surface area (Å²) in [7, 11) is 0. The number of aliphatic hydroxyl groups is 6. The van der Waals surface area contributed by atoms with Crippen molar-refractivity contribution in [2.75, 3.05) is 19.8 Å². The molecule has 3 aliphatic heterocycles. The van der Waals surface area contributed by atoms with Gasteiger partial charge in [0.25, 0.3) is 0 Å². The van der Waals surface area contributed by atoms with Crippen LogP contribution in [0.3, 0.4) is 0 Å². The molecule has 4 aliphatic carbocycles. The topological polar surface area (TPSA) is 175 Å². The third-order valence-corrected chi connectivity index (χ3v) is 14.6. The largest absolute Gasteiger partial charge is 0.456 e. The van der Waals surface area contributed by atoms with Crippen LogP contribution in [0.4, 0.5) is 0 Å². The molecule has 0 aromatic heterocycles. The van der Waals surface area contributed by atoms with E-state index < -0.39 is 42.4 Å². The zero-order chi connectivity index (χ0) is 40.9. The summed E-state index contributed by atoms with van der Waals surface area (Å²) >= 11 is 0. The molecule has 0 aromatic rings. The Labute approximate surface area is 329 Å². The quantitative estimate of drug-likeness (QED) is 0.122. The molecule has 0 aromatic carbocycles. The Morgan fingerprint density at radius 3 is 2.27 bits per heavy atom. The fraction of sp³-hybridized carbons (Fsp3) is 0.841. The van der Waals surface area contributed by atoms with Crippen molar-refractivity contribution in [1.82, 2.24) is 0 Å². The van der Waals surface area contributed by atoms with Crippen LogP contribution in [-0.4, -0.2) is 111 Å². The van der Waals surface area contributed by atoms with Gasteiger partial charge >= 0.3 is 5.97 Å². The second-order valence-corrected chi connectivity index (χ2v) is 17.7. The Morgan fingerprint density at radius 2 is 1.64 bits per heavy atom. The second kappa shape index (κ2) is 19.3. The molecule has 11 heteroatoms. The van der Waals surface area contributed by atoms with Crippen LogP contribution in [0.25, 0.3) is 0 Å². The molecule has 0 amide bonds. The zero-order valence-electron chi connectivity index (χ0n) is 34.5. The number of hydrogen-bond donors (Lipinski definition) is 6. The van der Waals surface area contributed by atoms with E-state index in [9.17, 15) is 20.1 Å². The average Bonchev–Trinajstić information content (AvgIpc) is 3.53. The fourth-order valence-corrected chi connectivity index (χ4v) is 11.5. The standard InChI is InChI=1S/C34H52O7.C6H12O4.C2H6.C2H2/c1-19-14-29(41-31(37)20(19)2)34(5,38)28-9-8-26-25-7-6-21-15-23(39-30-17-22(36)16-24(18-35)40-30)10-12-32(21,3)27(25)11-13-33(26,28)4;7-2-6-5(9)1-4(8)3-10-6;2*1-2/h6,22-30,35-36,38H,7-18H2,1-5H3;4-9H,1-3H2;1-2H3;1-2H/t22-,23-,24-,25-,26?,27?,28?,29?,30?,32-,33-,34+;4-,5+,6-;;/m01../s1. The molecule has 7 rings (SSSR count). The maximum Gasteiger partial charge on any atom is 0.334 e. The number of ether oxygens (including phenoxy) is 4. The Kier molecular flexibility index (Phi) is 16.1. The van der Waals surface area contributed by atoms with E-state index in [4.69, 9.17) is 34.3 Å². The molecular weight excluding hydrogens is 704 g/mol. The minimum absolute atomic E-state index is 0.0333. The third-order valence-electron chi connectivity index (χ3n) is 14.6. The van der Waals surface area contributed by atoms with Gasteiger partial charge in [-0.3, -0.25) is 0 Å². The molecule has 314 valence electrons. The first kappa shape index (κ1) is 45.8. The third kappa shape index (κ3) is 9.56. The van der Waals surface area contributed by atoms with Gasteiger partial charge in [0.15, 0.2) is 6.29 Å². The molecule has 7 aliphatic rings. The van der Waals surface area contributed by atoms with Crippen molar-refractivity contribution < 1.29 is 54.4 Å². The number of carbonyl (C=O) groups excluding carboxylic acids is 1. The summed E-state index contributed by atoms with van der Waals surface area (Å²) in [4.78, 5) is 12.5. The summed E-state index contributed by atoms with van der Waals surface area (Å²) in [6.07, 6.45) is 17.3. The van der Waals surface area contributed by atoms with Crippen molar-refractivity contribution in [2.45, 2.75) is 180 Å². The van der Waals surface area contributed by atoms with Gasteiger partial charge in [-0.25, -0.2) is 4.79 Å². The molecule has 55 heavy (non-hydrogen) atoms. The number of rotatable bonds is 6. The number of terminal acetylenes is 1. The lowest BCUT2D eigenvalue weighted by Crippen LogP contribution is -2.57. The van der Waals surface area contributed by atoms with Crippen LogP contribution >= 0.6 is 0 Å². The van der Waals surface area contributed by atoms with Crippen LogP contribution in [0, 0.1) is 47.3 Å². The Bertz CT molecular complexity index is 1360. The number of aliphatic hydroxyl groups excluding tert-OH is 5. The monoisotopic (exact) mass is 777 g/mol. The van der Waals surface area contributed by atoms with E-state index in [2.05, 4.69) is 32.8 Å². The van der Waals surface area contributed by atoms with E-state index in [1.165, 1.54) is 12.0 Å². The van der Waals surface area contributed by atoms with E-state index in [0.29, 0.717) is 49.0 Å². The predicted molar refractivity (Wildman–Crippen MR) is 209 cm³/mol. The van der Waals surface area contributed by atoms with Gasteiger partial charge in [-0.2, -0.15) is 0 Å². The van der Waals surface area contributed by atoms with Gasteiger partial charge in [0.1, 0.15) is 17.8 Å². The van der Waals surface area contributed by atoms with E-state index in [1.807, 2.05) is 34.6 Å². The van der Waals surface area contributed by atoms with Crippen LogP contribution in [-0.2, 0) is 23.7 Å². The maximum absolute atomic E-state index is 12.5. The lowest BCUT2D eigenvalue weighted by Gasteiger charge is -2.59. The van der Waals surface area contributed by atoms with Crippen molar-refractivity contribution >= 4 is 5.97 Å². The lowest BCUT2D eigenvalue weighted by atomic mass is 9.46. The number of esters is 1. The summed E-state index contributed by atoms with van der Waals surface area (Å²) in [5.41, 5.74) is 2.40. The molecule has 0 radical (unpaired) electrons. The van der Waals surface area contributed by atoms with E-state index in [0.717, 1.165) is 50.5 Å². The summed E-state index contributed by atoms with van der Waals surface area (Å²) in [6.45, 7) is 14.6. The summed E-state index contributed by atoms with van der Waals surface area (Å²) < 4.78 is 23.0. The molecule has 15 atom stereocenters. The number of carbonyl (C=O) groups is 1. The molecule has 3 heterocycles. The van der Waals surface area contributed by atoms with E-state index in [1.54, 1.807) is 0 Å². The summed E-state index contributed by atoms with van der Waals surface area (Å²) in [6, 6.07) is 0. The number of fused-ring (bicyclic) bond motifs is 5. The van der Waals surface area contributed by atoms with Gasteiger partial charge < -0.3 is 49.6 Å². The Hall–Kier alpha value is -1.85. The average molecular weight is 777 g/mol. The Balaban J connectivity index is 0.000000411. The first-order valence-electron chi connectivity index (χ1n) is 20.9. The van der Waals surface area contributed by atoms with E-state index in [-0.39, 0.29) is 54.7 Å². The smallest absolute Gasteiger partial charge is 0.334 e. The first-order chi connectivity index (χ1) is 26.1. The first-order valence-corrected chi connectivity index (χ1v) is 20.9. The molecule has 5 fully saturated rings. The summed E-state index contributed by atoms with van der Waals surface area (Å²) in [5.74, 6) is 1.64. The number of hydrogen-bond acceptors (Lipinski definition) is 11. The fourth-order valence-electron chi connectivity index (χ4n) is 11.5. The Morgan fingerprint density at radius 1 is 0.927 bits per heavy atom. The molecule has 6 N–H and O–H groups in total.